The van der Waals surface area contributed by atoms with Crippen molar-refractivity contribution in [2.45, 2.75) is 116 Å². The van der Waals surface area contributed by atoms with Crippen molar-refractivity contribution in [3.05, 3.63) is 0 Å². The Hall–Kier alpha value is -3.03. The molecule has 0 spiro atoms. The summed E-state index contributed by atoms with van der Waals surface area (Å²) >= 11 is 0. The van der Waals surface area contributed by atoms with Crippen molar-refractivity contribution in [1.82, 2.24) is 16.0 Å². The number of nitriles is 1. The topological polar surface area (TPSA) is 167 Å². The Morgan fingerprint density at radius 2 is 1.19 bits per heavy atom. The van der Waals surface area contributed by atoms with E-state index in [1.165, 1.54) is 0 Å². The summed E-state index contributed by atoms with van der Waals surface area (Å²) in [4.78, 5) is 46.4. The first kappa shape index (κ1) is 32.0. The van der Waals surface area contributed by atoms with Gasteiger partial charge in [0, 0.05) is 12.1 Å². The van der Waals surface area contributed by atoms with Crippen molar-refractivity contribution >= 4 is 24.1 Å². The second kappa shape index (κ2) is 14.6. The third-order valence-electron chi connectivity index (χ3n) is 5.93. The molecule has 4 N–H and O–H groups in total. The van der Waals surface area contributed by atoms with Gasteiger partial charge in [0.1, 0.15) is 17.7 Å². The maximum atomic E-state index is 12.0. The van der Waals surface area contributed by atoms with Gasteiger partial charge >= 0.3 is 18.2 Å². The third-order valence-corrected chi connectivity index (χ3v) is 5.93. The van der Waals surface area contributed by atoms with Gasteiger partial charge in [-0.1, -0.05) is 25.7 Å². The first-order valence-corrected chi connectivity index (χ1v) is 13.0. The maximum absolute atomic E-state index is 12.0. The molecule has 0 bridgehead atoms. The van der Waals surface area contributed by atoms with Crippen molar-refractivity contribution in [2.75, 3.05) is 6.54 Å². The number of alkyl carbamates (subject to hydrolysis) is 2. The molecule has 11 heteroatoms. The summed E-state index contributed by atoms with van der Waals surface area (Å²) in [6, 6.07) is 1.35. The zero-order chi connectivity index (χ0) is 28.2. The molecule has 0 heterocycles. The van der Waals surface area contributed by atoms with Crippen molar-refractivity contribution < 1.29 is 33.8 Å². The van der Waals surface area contributed by atoms with E-state index in [0.717, 1.165) is 38.5 Å². The third kappa shape index (κ3) is 13.2. The zero-order valence-corrected chi connectivity index (χ0v) is 23.0. The molecule has 0 aromatic carbocycles. The van der Waals surface area contributed by atoms with Crippen LogP contribution in [0.1, 0.15) is 92.9 Å². The van der Waals surface area contributed by atoms with Crippen LogP contribution >= 0.6 is 0 Å². The largest absolute Gasteiger partial charge is 0.481 e. The van der Waals surface area contributed by atoms with E-state index in [0.29, 0.717) is 12.8 Å². The molecule has 3 amide bonds. The van der Waals surface area contributed by atoms with Crippen LogP contribution in [0.25, 0.3) is 0 Å². The van der Waals surface area contributed by atoms with Crippen molar-refractivity contribution in [3.8, 4) is 6.07 Å². The lowest BCUT2D eigenvalue weighted by Crippen LogP contribution is -2.49. The number of aliphatic carboxylic acids is 1. The molecule has 0 radical (unpaired) electrons. The molecule has 2 saturated carbocycles. The van der Waals surface area contributed by atoms with Crippen LogP contribution in [-0.2, 0) is 19.1 Å². The van der Waals surface area contributed by atoms with Crippen LogP contribution in [0.3, 0.4) is 0 Å². The molecule has 2 rings (SSSR count). The Labute approximate surface area is 220 Å². The molecule has 37 heavy (non-hydrogen) atoms. The molecular weight excluding hydrogens is 480 g/mol. The van der Waals surface area contributed by atoms with Gasteiger partial charge in [0.2, 0.25) is 5.91 Å². The van der Waals surface area contributed by atoms with Crippen LogP contribution < -0.4 is 16.0 Å². The number of carbonyl (C=O) groups excluding carboxylic acids is 3. The van der Waals surface area contributed by atoms with Crippen LogP contribution in [-0.4, -0.2) is 59.0 Å². The molecule has 210 valence electrons. The van der Waals surface area contributed by atoms with Gasteiger partial charge in [-0.05, 0) is 67.2 Å². The number of nitrogens with one attached hydrogen (secondary N) is 3. The van der Waals surface area contributed by atoms with Crippen LogP contribution in [0.2, 0.25) is 0 Å². The van der Waals surface area contributed by atoms with Gasteiger partial charge in [-0.25, -0.2) is 9.59 Å². The molecule has 0 aromatic heterocycles. The van der Waals surface area contributed by atoms with Gasteiger partial charge in [0.25, 0.3) is 0 Å². The minimum absolute atomic E-state index is 0.00547. The highest BCUT2D eigenvalue weighted by molar-refractivity contribution is 5.80. The predicted octanol–water partition coefficient (Wildman–Crippen LogP) is 3.86. The molecule has 2 aliphatic rings. The van der Waals surface area contributed by atoms with Gasteiger partial charge in [0.15, 0.2) is 0 Å². The number of hydrogen-bond donors (Lipinski definition) is 4. The lowest BCUT2D eigenvalue weighted by atomic mass is 9.84. The molecule has 0 saturated heterocycles. The first-order valence-electron chi connectivity index (χ1n) is 13.0. The van der Waals surface area contributed by atoms with E-state index >= 15 is 0 Å². The van der Waals surface area contributed by atoms with Crippen LogP contribution in [0.15, 0.2) is 0 Å². The monoisotopic (exact) mass is 524 g/mol. The molecular formula is C26H44N4O7. The fourth-order valence-corrected chi connectivity index (χ4v) is 4.39. The first-order chi connectivity index (χ1) is 17.1. The number of amides is 3. The van der Waals surface area contributed by atoms with Gasteiger partial charge in [0.05, 0.1) is 17.9 Å². The van der Waals surface area contributed by atoms with Gasteiger partial charge in [-0.2, -0.15) is 5.26 Å². The van der Waals surface area contributed by atoms with E-state index in [2.05, 4.69) is 16.0 Å². The predicted molar refractivity (Wildman–Crippen MR) is 136 cm³/mol. The molecule has 0 aromatic rings. The highest BCUT2D eigenvalue weighted by Gasteiger charge is 2.34. The number of ether oxygens (including phenoxy) is 2. The quantitative estimate of drug-likeness (QED) is 0.393. The Morgan fingerprint density at radius 3 is 1.59 bits per heavy atom. The number of rotatable bonds is 5. The summed E-state index contributed by atoms with van der Waals surface area (Å²) in [5, 5.41) is 25.6. The molecule has 2 aliphatic carbocycles. The number of hydrogen-bond acceptors (Lipinski definition) is 7. The van der Waals surface area contributed by atoms with E-state index in [-0.39, 0.29) is 30.5 Å². The van der Waals surface area contributed by atoms with Crippen LogP contribution in [0.5, 0.6) is 0 Å². The Bertz CT molecular complexity index is 826. The van der Waals surface area contributed by atoms with Crippen LogP contribution in [0, 0.1) is 23.2 Å². The average Bonchev–Trinajstić information content (AvgIpc) is 2.76. The minimum Gasteiger partial charge on any atom is -0.481 e. The number of carbonyl (C=O) groups is 4. The van der Waals surface area contributed by atoms with Crippen molar-refractivity contribution in [1.29, 1.82) is 5.26 Å². The lowest BCUT2D eigenvalue weighted by Gasteiger charge is -2.31. The van der Waals surface area contributed by atoms with E-state index < -0.39 is 35.3 Å². The summed E-state index contributed by atoms with van der Waals surface area (Å²) in [5.41, 5.74) is -1.12. The highest BCUT2D eigenvalue weighted by atomic mass is 16.6. The fourth-order valence-electron chi connectivity index (χ4n) is 4.39. The second-order valence-electron chi connectivity index (χ2n) is 11.5. The van der Waals surface area contributed by atoms with Gasteiger partial charge in [-0.15, -0.1) is 0 Å². The van der Waals surface area contributed by atoms with E-state index in [1.54, 1.807) is 41.5 Å². The number of carboxylic acid groups (broad SMARTS) is 1. The van der Waals surface area contributed by atoms with Crippen molar-refractivity contribution in [2.24, 2.45) is 11.8 Å². The number of carboxylic acids is 1. The fraction of sp³-hybridized carbons (Fsp3) is 0.808. The average molecular weight is 525 g/mol. The van der Waals surface area contributed by atoms with E-state index in [4.69, 9.17) is 19.8 Å². The Balaban J connectivity index is 0.000000375. The summed E-state index contributed by atoms with van der Waals surface area (Å²) in [7, 11) is 0. The standard InChI is InChI=1S/C14H23N3O3.C12H21NO4/c1-14(2,3)20-13(19)17-11-7-5-4-6-10(11)12(18)16-9-8-15;1-12(2,3)17-11(16)13-9-7-5-4-6-8(9)10(14)15/h10-11H,4-7,9H2,1-3H3,(H,16,18)(H,17,19);8-9H,4-7H2,1-3H3,(H,13,16)(H,14,15)/t10-,11+;8-,9+/m11/s1. The summed E-state index contributed by atoms with van der Waals surface area (Å²) in [6.07, 6.45) is 5.55. The summed E-state index contributed by atoms with van der Waals surface area (Å²) < 4.78 is 10.3. The smallest absolute Gasteiger partial charge is 0.407 e. The number of nitrogens with zero attached hydrogens (tertiary/aromatic N) is 1. The molecule has 4 atom stereocenters. The Morgan fingerprint density at radius 1 is 0.784 bits per heavy atom. The van der Waals surface area contributed by atoms with Crippen LogP contribution in [0.4, 0.5) is 9.59 Å². The van der Waals surface area contributed by atoms with Crippen molar-refractivity contribution in [3.63, 3.8) is 0 Å². The Kier molecular flexibility index (Phi) is 12.7. The highest BCUT2D eigenvalue weighted by Crippen LogP contribution is 2.26. The molecule has 0 aliphatic heterocycles. The summed E-state index contributed by atoms with van der Waals surface area (Å²) in [5.74, 6) is -1.79. The zero-order valence-electron chi connectivity index (χ0n) is 23.0. The van der Waals surface area contributed by atoms with E-state index in [1.807, 2.05) is 6.07 Å². The SMILES string of the molecule is CC(C)(C)OC(=O)N[C@H]1CCCC[C@H]1C(=O)NCC#N.CC(C)(C)OC(=O)N[C@H]1CCCC[C@H]1C(=O)O. The lowest BCUT2D eigenvalue weighted by molar-refractivity contribution is -0.143. The molecule has 2 fully saturated rings. The normalized spacial score (nSPS) is 23.7. The second-order valence-corrected chi connectivity index (χ2v) is 11.5. The summed E-state index contributed by atoms with van der Waals surface area (Å²) in [6.45, 7) is 10.7. The van der Waals surface area contributed by atoms with E-state index in [9.17, 15) is 19.2 Å². The molecule has 0 unspecified atom stereocenters. The van der Waals surface area contributed by atoms with Gasteiger partial charge in [-0.3, -0.25) is 9.59 Å². The van der Waals surface area contributed by atoms with Gasteiger partial charge < -0.3 is 30.5 Å². The minimum atomic E-state index is -0.842. The molecule has 11 nitrogen and oxygen atoms in total. The maximum Gasteiger partial charge on any atom is 0.407 e.